The highest BCUT2D eigenvalue weighted by Crippen LogP contribution is 2.33. The minimum atomic E-state index is -3.86. The highest BCUT2D eigenvalue weighted by molar-refractivity contribution is 7.99. The highest BCUT2D eigenvalue weighted by Gasteiger charge is 2.32. The summed E-state index contributed by atoms with van der Waals surface area (Å²) in [5, 5.41) is 8.88. The zero-order chi connectivity index (χ0) is 15.8. The average molecular weight is 370 g/mol. The number of carboxylic acids is 1. The Kier molecular flexibility index (Phi) is 5.10. The normalized spacial score (nSPS) is 19.1. The van der Waals surface area contributed by atoms with Crippen molar-refractivity contribution in [3.63, 3.8) is 0 Å². The molecule has 1 aromatic carbocycles. The Balaban J connectivity index is 2.48. The quantitative estimate of drug-likeness (QED) is 0.882. The molecule has 0 saturated carbocycles. The van der Waals surface area contributed by atoms with Gasteiger partial charge in [-0.1, -0.05) is 23.2 Å². The van der Waals surface area contributed by atoms with Gasteiger partial charge in [0.15, 0.2) is 0 Å². The third kappa shape index (κ3) is 3.32. The monoisotopic (exact) mass is 369 g/mol. The number of carboxylic acid groups (broad SMARTS) is 1. The van der Waals surface area contributed by atoms with Crippen LogP contribution in [-0.2, 0) is 10.0 Å². The molecule has 0 amide bonds. The molecule has 9 heteroatoms. The molecule has 1 fully saturated rings. The van der Waals surface area contributed by atoms with E-state index < -0.39 is 16.0 Å². The summed E-state index contributed by atoms with van der Waals surface area (Å²) in [7, 11) is -2.38. The number of thioether (sulfide) groups is 1. The van der Waals surface area contributed by atoms with Crippen molar-refractivity contribution in [1.29, 1.82) is 0 Å². The first-order chi connectivity index (χ1) is 9.75. The summed E-state index contributed by atoms with van der Waals surface area (Å²) >= 11 is 13.4. The lowest BCUT2D eigenvalue weighted by molar-refractivity contribution is 0.0697. The van der Waals surface area contributed by atoms with Crippen LogP contribution in [-0.4, -0.2) is 48.4 Å². The molecule has 1 aliphatic heterocycles. The van der Waals surface area contributed by atoms with Crippen LogP contribution in [0.4, 0.5) is 0 Å². The minimum absolute atomic E-state index is 0.0810. The van der Waals surface area contributed by atoms with Crippen LogP contribution in [0.1, 0.15) is 16.8 Å². The lowest BCUT2D eigenvalue weighted by atomic mass is 10.2. The van der Waals surface area contributed by atoms with Gasteiger partial charge < -0.3 is 5.11 Å². The van der Waals surface area contributed by atoms with Crippen molar-refractivity contribution >= 4 is 51.0 Å². The van der Waals surface area contributed by atoms with Gasteiger partial charge in [0.2, 0.25) is 10.0 Å². The first-order valence-electron chi connectivity index (χ1n) is 6.03. The SMILES string of the molecule is CN(C1CCSC1)S(=O)(=O)c1cc(C(=O)O)c(Cl)cc1Cl. The number of aromatic carboxylic acids is 1. The van der Waals surface area contributed by atoms with Crippen LogP contribution in [0.5, 0.6) is 0 Å². The fourth-order valence-corrected chi connectivity index (χ4v) is 5.62. The second-order valence-electron chi connectivity index (χ2n) is 4.61. The summed E-state index contributed by atoms with van der Waals surface area (Å²) in [5.74, 6) is 0.318. The van der Waals surface area contributed by atoms with Crippen LogP contribution in [0.15, 0.2) is 17.0 Å². The molecule has 1 N–H and O–H groups in total. The van der Waals surface area contributed by atoms with Crippen LogP contribution >= 0.6 is 35.0 Å². The molecule has 0 spiro atoms. The van der Waals surface area contributed by atoms with Gasteiger partial charge in [0, 0.05) is 18.8 Å². The van der Waals surface area contributed by atoms with Crippen molar-refractivity contribution in [2.45, 2.75) is 17.4 Å². The van der Waals surface area contributed by atoms with Gasteiger partial charge >= 0.3 is 5.97 Å². The summed E-state index contributed by atoms with van der Waals surface area (Å²) in [4.78, 5) is 10.9. The lowest BCUT2D eigenvalue weighted by Gasteiger charge is -2.24. The zero-order valence-electron chi connectivity index (χ0n) is 11.0. The number of hydrogen-bond acceptors (Lipinski definition) is 4. The Bertz CT molecular complexity index is 672. The van der Waals surface area contributed by atoms with Gasteiger partial charge in [-0.15, -0.1) is 0 Å². The molecule has 5 nitrogen and oxygen atoms in total. The molecule has 1 saturated heterocycles. The largest absolute Gasteiger partial charge is 0.478 e. The Morgan fingerprint density at radius 3 is 2.57 bits per heavy atom. The van der Waals surface area contributed by atoms with E-state index in [-0.39, 0.29) is 26.5 Å². The minimum Gasteiger partial charge on any atom is -0.478 e. The predicted molar refractivity (Wildman–Crippen MR) is 84.1 cm³/mol. The van der Waals surface area contributed by atoms with Gasteiger partial charge in [-0.3, -0.25) is 0 Å². The molecule has 116 valence electrons. The molecule has 1 aliphatic rings. The van der Waals surface area contributed by atoms with E-state index in [9.17, 15) is 13.2 Å². The number of benzene rings is 1. The van der Waals surface area contributed by atoms with Crippen molar-refractivity contribution in [2.75, 3.05) is 18.6 Å². The Hall–Kier alpha value is -0.470. The average Bonchev–Trinajstić information content (AvgIpc) is 2.90. The van der Waals surface area contributed by atoms with Crippen molar-refractivity contribution in [3.8, 4) is 0 Å². The van der Waals surface area contributed by atoms with Gasteiger partial charge in [-0.05, 0) is 24.3 Å². The van der Waals surface area contributed by atoms with E-state index in [0.29, 0.717) is 5.75 Å². The topological polar surface area (TPSA) is 74.7 Å². The molecule has 0 radical (unpaired) electrons. The molecule has 1 atom stereocenters. The molecule has 0 aliphatic carbocycles. The molecule has 21 heavy (non-hydrogen) atoms. The molecule has 0 bridgehead atoms. The number of carbonyl (C=O) groups is 1. The smallest absolute Gasteiger partial charge is 0.337 e. The summed E-state index contributed by atoms with van der Waals surface area (Å²) in [6.07, 6.45) is 0.761. The Morgan fingerprint density at radius 2 is 2.05 bits per heavy atom. The molecule has 1 aromatic rings. The third-order valence-corrected chi connectivity index (χ3v) is 7.16. The maximum absolute atomic E-state index is 12.6. The van der Waals surface area contributed by atoms with Crippen molar-refractivity contribution < 1.29 is 18.3 Å². The zero-order valence-corrected chi connectivity index (χ0v) is 14.2. The van der Waals surface area contributed by atoms with Crippen LogP contribution in [0, 0.1) is 0 Å². The van der Waals surface area contributed by atoms with E-state index in [1.165, 1.54) is 11.4 Å². The first kappa shape index (κ1) is 16.9. The fraction of sp³-hybridized carbons (Fsp3) is 0.417. The number of halogens is 2. The summed E-state index contributed by atoms with van der Waals surface area (Å²) < 4.78 is 26.5. The van der Waals surface area contributed by atoms with E-state index in [1.54, 1.807) is 11.8 Å². The van der Waals surface area contributed by atoms with Crippen molar-refractivity contribution in [1.82, 2.24) is 4.31 Å². The van der Waals surface area contributed by atoms with Crippen molar-refractivity contribution in [2.24, 2.45) is 0 Å². The van der Waals surface area contributed by atoms with Crippen molar-refractivity contribution in [3.05, 3.63) is 27.7 Å². The standard InChI is InChI=1S/C12H13Cl2NO4S2/c1-15(7-2-3-20-6-7)21(18,19)11-4-8(12(16)17)9(13)5-10(11)14/h4-5,7H,2-3,6H2,1H3,(H,16,17). The summed E-state index contributed by atoms with van der Waals surface area (Å²) in [5.41, 5.74) is -0.283. The van der Waals surface area contributed by atoms with E-state index in [2.05, 4.69) is 0 Å². The van der Waals surface area contributed by atoms with Crippen LogP contribution in [0.25, 0.3) is 0 Å². The molecular weight excluding hydrogens is 357 g/mol. The van der Waals surface area contributed by atoms with Crippen LogP contribution < -0.4 is 0 Å². The van der Waals surface area contributed by atoms with Crippen LogP contribution in [0.2, 0.25) is 10.0 Å². The van der Waals surface area contributed by atoms with Gasteiger partial charge in [-0.2, -0.15) is 16.1 Å². The second-order valence-corrected chi connectivity index (χ2v) is 8.54. The maximum atomic E-state index is 12.6. The van der Waals surface area contributed by atoms with E-state index in [1.807, 2.05) is 0 Å². The maximum Gasteiger partial charge on any atom is 0.337 e. The van der Waals surface area contributed by atoms with Gasteiger partial charge in [0.05, 0.1) is 15.6 Å². The number of nitrogens with zero attached hydrogens (tertiary/aromatic N) is 1. The Labute approximate surface area is 137 Å². The van der Waals surface area contributed by atoms with Gasteiger partial charge in [0.25, 0.3) is 0 Å². The summed E-state index contributed by atoms with van der Waals surface area (Å²) in [6, 6.07) is 2.05. The number of hydrogen-bond donors (Lipinski definition) is 1. The summed E-state index contributed by atoms with van der Waals surface area (Å²) in [6.45, 7) is 0. The molecule has 1 unspecified atom stereocenters. The van der Waals surface area contributed by atoms with E-state index >= 15 is 0 Å². The molecule has 2 rings (SSSR count). The predicted octanol–water partition coefficient (Wildman–Crippen LogP) is 2.82. The second kappa shape index (κ2) is 6.34. The molecule has 1 heterocycles. The van der Waals surface area contributed by atoms with Gasteiger partial charge in [0.1, 0.15) is 4.90 Å². The number of rotatable bonds is 4. The first-order valence-corrected chi connectivity index (χ1v) is 9.38. The fourth-order valence-electron chi connectivity index (χ4n) is 2.05. The van der Waals surface area contributed by atoms with Gasteiger partial charge in [-0.25, -0.2) is 13.2 Å². The molecule has 0 aromatic heterocycles. The molecular formula is C12H13Cl2NO4S2. The van der Waals surface area contributed by atoms with E-state index in [4.69, 9.17) is 28.3 Å². The third-order valence-electron chi connectivity index (χ3n) is 3.33. The Morgan fingerprint density at radius 1 is 1.38 bits per heavy atom. The van der Waals surface area contributed by atoms with E-state index in [0.717, 1.165) is 24.3 Å². The number of sulfonamides is 1. The lowest BCUT2D eigenvalue weighted by Crippen LogP contribution is -2.37. The highest BCUT2D eigenvalue weighted by atomic mass is 35.5. The van der Waals surface area contributed by atoms with Crippen LogP contribution in [0.3, 0.4) is 0 Å².